The molecule has 2 aromatic rings. The van der Waals surface area contributed by atoms with Crippen molar-refractivity contribution in [2.45, 2.75) is 24.6 Å². The van der Waals surface area contributed by atoms with Gasteiger partial charge in [0, 0.05) is 17.5 Å². The van der Waals surface area contributed by atoms with Crippen molar-refractivity contribution in [2.24, 2.45) is 5.92 Å². The van der Waals surface area contributed by atoms with Crippen molar-refractivity contribution >= 4 is 34.8 Å². The Morgan fingerprint density at radius 3 is 2.92 bits per heavy atom. The Morgan fingerprint density at radius 2 is 2.12 bits per heavy atom. The molecule has 0 radical (unpaired) electrons. The Hall–Kier alpha value is -2.06. The SMILES string of the molecule is CC(C)CNC(=O)Cc1csc(SCC(=O)c2ccc3c(c2)OCO3)n1. The molecule has 1 N–H and O–H groups in total. The fraction of sp³-hybridized carbons (Fsp3) is 0.389. The maximum absolute atomic E-state index is 12.3. The van der Waals surface area contributed by atoms with E-state index in [1.165, 1.54) is 23.1 Å². The number of thiazole rings is 1. The number of hydrogen-bond acceptors (Lipinski definition) is 7. The Kier molecular flexibility index (Phi) is 6.16. The van der Waals surface area contributed by atoms with E-state index in [1.807, 2.05) is 5.38 Å². The summed E-state index contributed by atoms with van der Waals surface area (Å²) >= 11 is 2.83. The Bertz CT molecular complexity index is 804. The second kappa shape index (κ2) is 8.55. The number of hydrogen-bond donors (Lipinski definition) is 1. The van der Waals surface area contributed by atoms with Crippen molar-refractivity contribution in [3.8, 4) is 11.5 Å². The third-order valence-corrected chi connectivity index (χ3v) is 5.67. The topological polar surface area (TPSA) is 77.5 Å². The number of aromatic nitrogens is 1. The molecule has 1 amide bonds. The minimum absolute atomic E-state index is 0.000253. The molecule has 0 saturated heterocycles. The molecule has 0 saturated carbocycles. The van der Waals surface area contributed by atoms with Crippen LogP contribution in [0.5, 0.6) is 11.5 Å². The molecule has 26 heavy (non-hydrogen) atoms. The zero-order valence-electron chi connectivity index (χ0n) is 14.6. The molecule has 1 aromatic carbocycles. The van der Waals surface area contributed by atoms with Gasteiger partial charge in [0.05, 0.1) is 17.9 Å². The standard InChI is InChI=1S/C18H20N2O4S2/c1-11(2)7-19-17(22)6-13-8-25-18(20-13)26-9-14(21)12-3-4-15-16(5-12)24-10-23-15/h3-5,8,11H,6-7,9-10H2,1-2H3,(H,19,22). The zero-order chi connectivity index (χ0) is 18.5. The van der Waals surface area contributed by atoms with Crippen LogP contribution in [0.3, 0.4) is 0 Å². The summed E-state index contributed by atoms with van der Waals surface area (Å²) in [7, 11) is 0. The predicted molar refractivity (Wildman–Crippen MR) is 101 cm³/mol. The van der Waals surface area contributed by atoms with Gasteiger partial charge >= 0.3 is 0 Å². The number of benzene rings is 1. The second-order valence-electron chi connectivity index (χ2n) is 6.26. The molecule has 1 aromatic heterocycles. The van der Waals surface area contributed by atoms with Gasteiger partial charge in [-0.15, -0.1) is 11.3 Å². The van der Waals surface area contributed by atoms with Gasteiger partial charge in [0.15, 0.2) is 21.6 Å². The monoisotopic (exact) mass is 392 g/mol. The van der Waals surface area contributed by atoms with Crippen LogP contribution in [0, 0.1) is 5.92 Å². The minimum atomic E-state index is -0.0306. The van der Waals surface area contributed by atoms with Gasteiger partial charge in [-0.25, -0.2) is 4.98 Å². The van der Waals surface area contributed by atoms with Gasteiger partial charge in [-0.05, 0) is 24.1 Å². The van der Waals surface area contributed by atoms with Crippen molar-refractivity contribution in [1.82, 2.24) is 10.3 Å². The molecular weight excluding hydrogens is 372 g/mol. The summed E-state index contributed by atoms with van der Waals surface area (Å²) in [5.74, 6) is 1.94. The number of Topliss-reactive ketones (excluding diaryl/α,β-unsaturated/α-hetero) is 1. The highest BCUT2D eigenvalue weighted by Crippen LogP contribution is 2.33. The molecule has 0 atom stereocenters. The number of carbonyl (C=O) groups excluding carboxylic acids is 2. The van der Waals surface area contributed by atoms with Crippen LogP contribution in [0.15, 0.2) is 27.9 Å². The number of thioether (sulfide) groups is 1. The van der Waals surface area contributed by atoms with E-state index in [0.717, 1.165) is 10.0 Å². The molecule has 0 fully saturated rings. The number of amides is 1. The summed E-state index contributed by atoms with van der Waals surface area (Å²) in [4.78, 5) is 28.6. The first-order valence-electron chi connectivity index (χ1n) is 8.28. The molecule has 0 bridgehead atoms. The van der Waals surface area contributed by atoms with Gasteiger partial charge in [-0.3, -0.25) is 9.59 Å². The number of carbonyl (C=O) groups is 2. The van der Waals surface area contributed by atoms with E-state index < -0.39 is 0 Å². The molecule has 2 heterocycles. The van der Waals surface area contributed by atoms with Crippen LogP contribution >= 0.6 is 23.1 Å². The highest BCUT2D eigenvalue weighted by Gasteiger charge is 2.17. The van der Waals surface area contributed by atoms with E-state index in [9.17, 15) is 9.59 Å². The van der Waals surface area contributed by atoms with E-state index in [1.54, 1.807) is 18.2 Å². The normalized spacial score (nSPS) is 12.4. The lowest BCUT2D eigenvalue weighted by atomic mass is 10.1. The molecule has 1 aliphatic heterocycles. The Labute approximate surface area is 160 Å². The molecular formula is C18H20N2O4S2. The van der Waals surface area contributed by atoms with Gasteiger partial charge in [-0.2, -0.15) is 0 Å². The molecule has 8 heteroatoms. The first-order valence-corrected chi connectivity index (χ1v) is 10.1. The van der Waals surface area contributed by atoms with E-state index in [2.05, 4.69) is 24.1 Å². The molecule has 6 nitrogen and oxygen atoms in total. The van der Waals surface area contributed by atoms with Crippen LogP contribution in [0.2, 0.25) is 0 Å². The zero-order valence-corrected chi connectivity index (χ0v) is 16.2. The molecule has 1 aliphatic rings. The number of rotatable bonds is 8. The molecule has 0 unspecified atom stereocenters. The first kappa shape index (κ1) is 18.7. The minimum Gasteiger partial charge on any atom is -0.454 e. The van der Waals surface area contributed by atoms with Gasteiger partial charge in [0.2, 0.25) is 12.7 Å². The number of fused-ring (bicyclic) bond motifs is 1. The van der Waals surface area contributed by atoms with Crippen molar-refractivity contribution in [3.63, 3.8) is 0 Å². The highest BCUT2D eigenvalue weighted by atomic mass is 32.2. The number of nitrogens with zero attached hydrogens (tertiary/aromatic N) is 1. The van der Waals surface area contributed by atoms with Crippen LogP contribution in [-0.2, 0) is 11.2 Å². The second-order valence-corrected chi connectivity index (χ2v) is 8.34. The fourth-order valence-corrected chi connectivity index (χ4v) is 4.00. The lowest BCUT2D eigenvalue weighted by molar-refractivity contribution is -0.120. The predicted octanol–water partition coefficient (Wildman–Crippen LogP) is 3.16. The van der Waals surface area contributed by atoms with E-state index in [-0.39, 0.29) is 30.7 Å². The summed E-state index contributed by atoms with van der Waals surface area (Å²) < 4.78 is 11.3. The van der Waals surface area contributed by atoms with Crippen molar-refractivity contribution in [3.05, 3.63) is 34.8 Å². The summed E-state index contributed by atoms with van der Waals surface area (Å²) in [6, 6.07) is 5.19. The van der Waals surface area contributed by atoms with Crippen LogP contribution in [0.25, 0.3) is 0 Å². The Morgan fingerprint density at radius 1 is 1.31 bits per heavy atom. The third-order valence-electron chi connectivity index (χ3n) is 3.60. The first-order chi connectivity index (χ1) is 12.5. The number of ketones is 1. The summed E-state index contributed by atoms with van der Waals surface area (Å²) in [5, 5.41) is 4.74. The Balaban J connectivity index is 1.50. The molecule has 0 spiro atoms. The van der Waals surface area contributed by atoms with Gasteiger partial charge in [0.25, 0.3) is 0 Å². The summed E-state index contributed by atoms with van der Waals surface area (Å²) in [6.45, 7) is 4.95. The number of ether oxygens (including phenoxy) is 2. The maximum atomic E-state index is 12.3. The largest absolute Gasteiger partial charge is 0.454 e. The quantitative estimate of drug-likeness (QED) is 0.549. The maximum Gasteiger partial charge on any atom is 0.231 e. The van der Waals surface area contributed by atoms with Crippen molar-refractivity contribution in [2.75, 3.05) is 19.1 Å². The van der Waals surface area contributed by atoms with Crippen LogP contribution in [0.4, 0.5) is 0 Å². The molecule has 0 aliphatic carbocycles. The fourth-order valence-electron chi connectivity index (χ4n) is 2.26. The smallest absolute Gasteiger partial charge is 0.231 e. The lowest BCUT2D eigenvalue weighted by Gasteiger charge is -2.06. The van der Waals surface area contributed by atoms with E-state index >= 15 is 0 Å². The number of nitrogens with one attached hydrogen (secondary N) is 1. The van der Waals surface area contributed by atoms with Gasteiger partial charge in [-0.1, -0.05) is 25.6 Å². The summed E-state index contributed by atoms with van der Waals surface area (Å²) in [6.07, 6.45) is 0.264. The average Bonchev–Trinajstić information content (AvgIpc) is 3.26. The van der Waals surface area contributed by atoms with Crippen molar-refractivity contribution < 1.29 is 19.1 Å². The van der Waals surface area contributed by atoms with Crippen LogP contribution < -0.4 is 14.8 Å². The highest BCUT2D eigenvalue weighted by molar-refractivity contribution is 8.01. The van der Waals surface area contributed by atoms with Gasteiger partial charge < -0.3 is 14.8 Å². The average molecular weight is 393 g/mol. The lowest BCUT2D eigenvalue weighted by Crippen LogP contribution is -2.28. The van der Waals surface area contributed by atoms with E-state index in [0.29, 0.717) is 29.5 Å². The summed E-state index contributed by atoms with van der Waals surface area (Å²) in [5.41, 5.74) is 1.32. The van der Waals surface area contributed by atoms with Crippen LogP contribution in [-0.4, -0.2) is 35.8 Å². The molecule has 3 rings (SSSR count). The van der Waals surface area contributed by atoms with Crippen molar-refractivity contribution in [1.29, 1.82) is 0 Å². The van der Waals surface area contributed by atoms with E-state index in [4.69, 9.17) is 9.47 Å². The van der Waals surface area contributed by atoms with Crippen LogP contribution in [0.1, 0.15) is 29.9 Å². The third kappa shape index (κ3) is 4.98. The van der Waals surface area contributed by atoms with Gasteiger partial charge in [0.1, 0.15) is 0 Å². The molecule has 138 valence electrons.